The van der Waals surface area contributed by atoms with Crippen LogP contribution in [0.2, 0.25) is 0 Å². The summed E-state index contributed by atoms with van der Waals surface area (Å²) >= 11 is 1.29. The van der Waals surface area contributed by atoms with E-state index in [0.29, 0.717) is 21.6 Å². The Morgan fingerprint density at radius 2 is 1.93 bits per heavy atom. The predicted octanol–water partition coefficient (Wildman–Crippen LogP) is 3.70. The number of aliphatic carboxylic acids is 1. The number of ether oxygens (including phenoxy) is 2. The van der Waals surface area contributed by atoms with E-state index in [-0.39, 0.29) is 5.91 Å². The quantitative estimate of drug-likeness (QED) is 0.728. The molecular formula is C21H20N2O5S. The number of amides is 1. The molecule has 8 heteroatoms. The van der Waals surface area contributed by atoms with E-state index in [1.165, 1.54) is 23.8 Å². The average Bonchev–Trinajstić information content (AvgIpc) is 2.96. The lowest BCUT2D eigenvalue weighted by atomic mass is 10.2. The number of hydrogen-bond acceptors (Lipinski definition) is 6. The van der Waals surface area contributed by atoms with Gasteiger partial charge in [-0.15, -0.1) is 0 Å². The molecule has 0 atom stereocenters. The number of carboxylic acids is 1. The van der Waals surface area contributed by atoms with Gasteiger partial charge in [-0.1, -0.05) is 23.8 Å². The number of likely N-dealkylation sites (N-methyl/N-ethyl adjacent to an activating group) is 1. The van der Waals surface area contributed by atoms with Gasteiger partial charge in [-0.3, -0.25) is 9.69 Å². The van der Waals surface area contributed by atoms with Gasteiger partial charge in [0.25, 0.3) is 5.91 Å². The van der Waals surface area contributed by atoms with E-state index in [0.717, 1.165) is 16.8 Å². The highest BCUT2D eigenvalue weighted by molar-refractivity contribution is 8.18. The van der Waals surface area contributed by atoms with Crippen molar-refractivity contribution in [2.45, 2.75) is 6.92 Å². The number of hydrogen-bond donors (Lipinski definition) is 1. The molecule has 0 bridgehead atoms. The Balaban J connectivity index is 1.83. The Morgan fingerprint density at radius 3 is 2.59 bits per heavy atom. The number of carbonyl (C=O) groups excluding carboxylic acids is 1. The lowest BCUT2D eigenvalue weighted by molar-refractivity contribution is -0.139. The Labute approximate surface area is 172 Å². The predicted molar refractivity (Wildman–Crippen MR) is 113 cm³/mol. The van der Waals surface area contributed by atoms with E-state index in [4.69, 9.17) is 14.6 Å². The third-order valence-corrected chi connectivity index (χ3v) is 5.16. The minimum atomic E-state index is -1.07. The highest BCUT2D eigenvalue weighted by Gasteiger charge is 2.30. The molecule has 29 heavy (non-hydrogen) atoms. The lowest BCUT2D eigenvalue weighted by Gasteiger charge is -2.09. The van der Waals surface area contributed by atoms with Crippen LogP contribution >= 0.6 is 11.8 Å². The van der Waals surface area contributed by atoms with E-state index in [1.807, 2.05) is 31.2 Å². The highest BCUT2D eigenvalue weighted by Crippen LogP contribution is 2.35. The van der Waals surface area contributed by atoms with Gasteiger partial charge in [-0.25, -0.2) is 9.79 Å². The van der Waals surface area contributed by atoms with E-state index >= 15 is 0 Å². The molecule has 150 valence electrons. The first-order chi connectivity index (χ1) is 13.9. The molecule has 1 N–H and O–H groups in total. The fourth-order valence-electron chi connectivity index (χ4n) is 2.57. The fraction of sp³-hybridized carbons (Fsp3) is 0.190. The molecule has 1 amide bonds. The number of carbonyl (C=O) groups is 2. The van der Waals surface area contributed by atoms with E-state index in [2.05, 4.69) is 4.99 Å². The van der Waals surface area contributed by atoms with Gasteiger partial charge in [0.15, 0.2) is 23.3 Å². The van der Waals surface area contributed by atoms with Crippen molar-refractivity contribution in [3.8, 4) is 11.5 Å². The number of aliphatic imine (C=N–C) groups is 1. The van der Waals surface area contributed by atoms with Gasteiger partial charge in [0.05, 0.1) is 17.7 Å². The molecule has 7 nitrogen and oxygen atoms in total. The zero-order valence-electron chi connectivity index (χ0n) is 16.2. The average molecular weight is 412 g/mol. The maximum atomic E-state index is 12.6. The van der Waals surface area contributed by atoms with Crippen molar-refractivity contribution in [2.75, 3.05) is 20.8 Å². The number of benzene rings is 2. The van der Waals surface area contributed by atoms with Gasteiger partial charge in [-0.05, 0) is 54.6 Å². The van der Waals surface area contributed by atoms with Crippen molar-refractivity contribution in [1.29, 1.82) is 0 Å². The number of nitrogens with zero attached hydrogens (tertiary/aromatic N) is 2. The van der Waals surface area contributed by atoms with Gasteiger partial charge in [-0.2, -0.15) is 0 Å². The first-order valence-corrected chi connectivity index (χ1v) is 9.54. The lowest BCUT2D eigenvalue weighted by Crippen LogP contribution is -2.23. The standard InChI is InChI=1S/C21H20N2O5S/c1-13-4-7-15(8-5-13)22-21-23(2)20(26)18(29-21)11-14-6-9-16(17(10-14)27-3)28-12-19(24)25/h4-11H,12H2,1-3H3,(H,24,25)/b18-11+,22-21?. The van der Waals surface area contributed by atoms with Crippen LogP contribution in [0.1, 0.15) is 11.1 Å². The van der Waals surface area contributed by atoms with E-state index < -0.39 is 12.6 Å². The molecule has 0 unspecified atom stereocenters. The largest absolute Gasteiger partial charge is 0.493 e. The Kier molecular flexibility index (Phi) is 6.23. The number of methoxy groups -OCH3 is 1. The van der Waals surface area contributed by atoms with Crippen LogP contribution < -0.4 is 9.47 Å². The molecule has 0 saturated carbocycles. The first kappa shape index (κ1) is 20.5. The zero-order chi connectivity index (χ0) is 21.0. The third kappa shape index (κ3) is 4.97. The second-order valence-electron chi connectivity index (χ2n) is 6.30. The van der Waals surface area contributed by atoms with E-state index in [9.17, 15) is 9.59 Å². The van der Waals surface area contributed by atoms with Crippen molar-refractivity contribution < 1.29 is 24.2 Å². The summed E-state index contributed by atoms with van der Waals surface area (Å²) in [5.74, 6) is -0.514. The topological polar surface area (TPSA) is 88.4 Å². The smallest absolute Gasteiger partial charge is 0.341 e. The zero-order valence-corrected chi connectivity index (χ0v) is 17.0. The van der Waals surface area contributed by atoms with Crippen LogP contribution in [0, 0.1) is 6.92 Å². The summed E-state index contributed by atoms with van der Waals surface area (Å²) in [5, 5.41) is 9.35. The molecule has 0 radical (unpaired) electrons. The SMILES string of the molecule is COc1cc(/C=C2/SC(=Nc3ccc(C)cc3)N(C)C2=O)ccc1OCC(=O)O. The van der Waals surface area contributed by atoms with Crippen molar-refractivity contribution in [2.24, 2.45) is 4.99 Å². The second kappa shape index (κ2) is 8.83. The second-order valence-corrected chi connectivity index (χ2v) is 7.31. The first-order valence-electron chi connectivity index (χ1n) is 8.73. The van der Waals surface area contributed by atoms with E-state index in [1.54, 1.807) is 31.3 Å². The maximum Gasteiger partial charge on any atom is 0.341 e. The van der Waals surface area contributed by atoms with Crippen molar-refractivity contribution in [1.82, 2.24) is 4.90 Å². The van der Waals surface area contributed by atoms with Crippen molar-refractivity contribution in [3.63, 3.8) is 0 Å². The van der Waals surface area contributed by atoms with Crippen molar-refractivity contribution >= 4 is 40.6 Å². The summed E-state index contributed by atoms with van der Waals surface area (Å²) in [6.45, 7) is 1.54. The molecule has 2 aromatic rings. The van der Waals surface area contributed by atoms with Crippen molar-refractivity contribution in [3.05, 3.63) is 58.5 Å². The summed E-state index contributed by atoms with van der Waals surface area (Å²) in [4.78, 5) is 29.9. The summed E-state index contributed by atoms with van der Waals surface area (Å²) in [7, 11) is 3.15. The Bertz CT molecular complexity index is 999. The van der Waals surface area contributed by atoms with Crippen LogP contribution in [0.15, 0.2) is 52.4 Å². The molecule has 3 rings (SSSR count). The molecule has 1 aliphatic rings. The Hall–Kier alpha value is -3.26. The fourth-order valence-corrected chi connectivity index (χ4v) is 3.55. The number of rotatable bonds is 6. The molecule has 1 saturated heterocycles. The number of carboxylic acid groups (broad SMARTS) is 1. The van der Waals surface area contributed by atoms with Gasteiger partial charge in [0, 0.05) is 7.05 Å². The van der Waals surface area contributed by atoms with Crippen LogP contribution in [0.5, 0.6) is 11.5 Å². The summed E-state index contributed by atoms with van der Waals surface area (Å²) < 4.78 is 10.5. The molecule has 2 aromatic carbocycles. The van der Waals surface area contributed by atoms with Crippen LogP contribution in [0.3, 0.4) is 0 Å². The van der Waals surface area contributed by atoms with Gasteiger partial charge in [0.1, 0.15) is 0 Å². The van der Waals surface area contributed by atoms with Gasteiger partial charge in [0.2, 0.25) is 0 Å². The molecule has 1 fully saturated rings. The van der Waals surface area contributed by atoms with Crippen LogP contribution in [-0.2, 0) is 9.59 Å². The van der Waals surface area contributed by atoms with Gasteiger partial charge < -0.3 is 14.6 Å². The summed E-state index contributed by atoms with van der Waals surface area (Å²) in [6.07, 6.45) is 1.74. The Morgan fingerprint density at radius 1 is 1.21 bits per heavy atom. The monoisotopic (exact) mass is 412 g/mol. The molecule has 1 aliphatic heterocycles. The van der Waals surface area contributed by atoms with Crippen LogP contribution in [-0.4, -0.2) is 47.8 Å². The number of aryl methyl sites for hydroxylation is 1. The van der Waals surface area contributed by atoms with Crippen LogP contribution in [0.25, 0.3) is 6.08 Å². The maximum absolute atomic E-state index is 12.6. The molecule has 1 heterocycles. The normalized spacial score (nSPS) is 16.5. The minimum Gasteiger partial charge on any atom is -0.493 e. The molecule has 0 aliphatic carbocycles. The highest BCUT2D eigenvalue weighted by atomic mass is 32.2. The molecule has 0 spiro atoms. The third-order valence-electron chi connectivity index (χ3n) is 4.10. The molecular weight excluding hydrogens is 392 g/mol. The minimum absolute atomic E-state index is 0.147. The summed E-state index contributed by atoms with van der Waals surface area (Å²) in [5.41, 5.74) is 2.65. The molecule has 0 aromatic heterocycles. The number of amidine groups is 1. The van der Waals surface area contributed by atoms with Crippen LogP contribution in [0.4, 0.5) is 5.69 Å². The number of thioether (sulfide) groups is 1. The summed E-state index contributed by atoms with van der Waals surface area (Å²) in [6, 6.07) is 12.8. The van der Waals surface area contributed by atoms with Gasteiger partial charge >= 0.3 is 5.97 Å².